The van der Waals surface area contributed by atoms with Gasteiger partial charge in [0.05, 0.1) is 12.4 Å². The van der Waals surface area contributed by atoms with E-state index in [-0.39, 0.29) is 12.3 Å². The van der Waals surface area contributed by atoms with Crippen LogP contribution in [0.4, 0.5) is 5.69 Å². The Hall–Kier alpha value is -2.61. The van der Waals surface area contributed by atoms with Crippen LogP contribution in [0, 0.1) is 11.3 Å². The fourth-order valence-corrected chi connectivity index (χ4v) is 1.62. The van der Waals surface area contributed by atoms with Gasteiger partial charge in [-0.2, -0.15) is 5.26 Å². The Morgan fingerprint density at radius 1 is 1.50 bits per heavy atom. The van der Waals surface area contributed by atoms with Crippen LogP contribution in [0.3, 0.4) is 0 Å². The summed E-state index contributed by atoms with van der Waals surface area (Å²) in [5, 5.41) is 11.1. The number of amides is 1. The lowest BCUT2D eigenvalue weighted by atomic mass is 10.2. The maximum atomic E-state index is 11.3. The molecule has 18 heavy (non-hydrogen) atoms. The summed E-state index contributed by atoms with van der Waals surface area (Å²) >= 11 is 0. The Kier molecular flexibility index (Phi) is 3.72. The summed E-state index contributed by atoms with van der Waals surface area (Å²) in [6.45, 7) is 0.696. The monoisotopic (exact) mass is 240 g/mol. The number of carbonyl (C=O) groups is 1. The van der Waals surface area contributed by atoms with Gasteiger partial charge in [-0.05, 0) is 17.7 Å². The highest BCUT2D eigenvalue weighted by Gasteiger charge is 2.02. The van der Waals surface area contributed by atoms with Crippen molar-refractivity contribution in [3.8, 4) is 6.07 Å². The fourth-order valence-electron chi connectivity index (χ4n) is 1.62. The third kappa shape index (κ3) is 3.19. The van der Waals surface area contributed by atoms with Gasteiger partial charge in [0.1, 0.15) is 6.42 Å². The maximum absolute atomic E-state index is 11.3. The van der Waals surface area contributed by atoms with E-state index in [4.69, 9.17) is 5.26 Å². The van der Waals surface area contributed by atoms with Gasteiger partial charge in [-0.25, -0.2) is 4.98 Å². The topological polar surface area (TPSA) is 70.7 Å². The predicted octanol–water partition coefficient (Wildman–Crippen LogP) is 1.78. The third-order valence-electron chi connectivity index (χ3n) is 2.37. The normalized spacial score (nSPS) is 9.72. The molecule has 0 saturated heterocycles. The molecule has 2 rings (SSSR count). The van der Waals surface area contributed by atoms with Gasteiger partial charge in [-0.3, -0.25) is 4.79 Å². The zero-order valence-electron chi connectivity index (χ0n) is 9.71. The minimum Gasteiger partial charge on any atom is -0.333 e. The van der Waals surface area contributed by atoms with E-state index in [9.17, 15) is 4.79 Å². The number of nitrogens with one attached hydrogen (secondary N) is 1. The Balaban J connectivity index is 2.06. The van der Waals surface area contributed by atoms with Crippen LogP contribution in [-0.4, -0.2) is 15.5 Å². The van der Waals surface area contributed by atoms with E-state index in [0.717, 1.165) is 5.56 Å². The van der Waals surface area contributed by atoms with Crippen molar-refractivity contribution in [3.05, 3.63) is 48.5 Å². The second-order valence-electron chi connectivity index (χ2n) is 3.82. The van der Waals surface area contributed by atoms with Crippen LogP contribution in [0.15, 0.2) is 43.0 Å². The van der Waals surface area contributed by atoms with Crippen LogP contribution < -0.4 is 5.32 Å². The number of nitrogens with zero attached hydrogens (tertiary/aromatic N) is 3. The molecule has 5 heteroatoms. The molecule has 0 spiro atoms. The highest BCUT2D eigenvalue weighted by atomic mass is 16.1. The molecule has 0 fully saturated rings. The van der Waals surface area contributed by atoms with Crippen LogP contribution >= 0.6 is 0 Å². The first-order valence-electron chi connectivity index (χ1n) is 5.49. The fraction of sp³-hybridized carbons (Fsp3) is 0.154. The third-order valence-corrected chi connectivity index (χ3v) is 2.37. The molecular formula is C13H12N4O. The minimum absolute atomic E-state index is 0.133. The van der Waals surface area contributed by atoms with E-state index in [2.05, 4.69) is 10.3 Å². The number of anilines is 1. The van der Waals surface area contributed by atoms with E-state index in [1.807, 2.05) is 35.0 Å². The van der Waals surface area contributed by atoms with Crippen molar-refractivity contribution < 1.29 is 4.79 Å². The predicted molar refractivity (Wildman–Crippen MR) is 66.6 cm³/mol. The molecule has 0 radical (unpaired) electrons. The van der Waals surface area contributed by atoms with Gasteiger partial charge in [0.25, 0.3) is 0 Å². The molecule has 0 saturated carbocycles. The molecular weight excluding hydrogens is 228 g/mol. The van der Waals surface area contributed by atoms with E-state index in [1.54, 1.807) is 18.6 Å². The average Bonchev–Trinajstić information content (AvgIpc) is 2.82. The van der Waals surface area contributed by atoms with Crippen molar-refractivity contribution in [2.24, 2.45) is 0 Å². The molecule has 1 aromatic heterocycles. The number of nitriles is 1. The van der Waals surface area contributed by atoms with E-state index in [0.29, 0.717) is 12.2 Å². The molecule has 1 amide bonds. The number of carbonyl (C=O) groups excluding carboxylic acids is 1. The summed E-state index contributed by atoms with van der Waals surface area (Å²) in [5.41, 5.74) is 1.76. The molecule has 1 N–H and O–H groups in total. The number of hydrogen-bond donors (Lipinski definition) is 1. The van der Waals surface area contributed by atoms with Crippen molar-refractivity contribution in [1.29, 1.82) is 5.26 Å². The molecule has 0 aliphatic carbocycles. The quantitative estimate of drug-likeness (QED) is 0.885. The number of hydrogen-bond acceptors (Lipinski definition) is 3. The summed E-state index contributed by atoms with van der Waals surface area (Å²) in [4.78, 5) is 15.3. The molecule has 0 atom stereocenters. The lowest BCUT2D eigenvalue weighted by Gasteiger charge is -2.06. The summed E-state index contributed by atoms with van der Waals surface area (Å²) in [5.74, 6) is -0.294. The standard InChI is InChI=1S/C13H12N4O/c14-5-4-13(18)16-12-3-1-2-11(8-12)9-17-7-6-15-10-17/h1-3,6-8,10H,4,9H2,(H,16,18). The van der Waals surface area contributed by atoms with Crippen LogP contribution in [0.1, 0.15) is 12.0 Å². The summed E-state index contributed by atoms with van der Waals surface area (Å²) in [6.07, 6.45) is 5.20. The maximum Gasteiger partial charge on any atom is 0.238 e. The lowest BCUT2D eigenvalue weighted by molar-refractivity contribution is -0.115. The molecule has 2 aromatic rings. The van der Waals surface area contributed by atoms with Crippen LogP contribution in [-0.2, 0) is 11.3 Å². The molecule has 1 aromatic carbocycles. The van der Waals surface area contributed by atoms with Gasteiger partial charge in [-0.1, -0.05) is 12.1 Å². The number of imidazole rings is 1. The summed E-state index contributed by atoms with van der Waals surface area (Å²) in [7, 11) is 0. The van der Waals surface area contributed by atoms with E-state index >= 15 is 0 Å². The minimum atomic E-state index is -0.294. The van der Waals surface area contributed by atoms with Crippen molar-refractivity contribution in [1.82, 2.24) is 9.55 Å². The van der Waals surface area contributed by atoms with Crippen molar-refractivity contribution >= 4 is 11.6 Å². The van der Waals surface area contributed by atoms with Gasteiger partial charge in [0.2, 0.25) is 5.91 Å². The van der Waals surface area contributed by atoms with Gasteiger partial charge in [0, 0.05) is 24.6 Å². The van der Waals surface area contributed by atoms with Gasteiger partial charge in [0.15, 0.2) is 0 Å². The van der Waals surface area contributed by atoms with E-state index in [1.165, 1.54) is 0 Å². The lowest BCUT2D eigenvalue weighted by Crippen LogP contribution is -2.10. The van der Waals surface area contributed by atoms with Crippen LogP contribution in [0.25, 0.3) is 0 Å². The first kappa shape index (κ1) is 11.9. The molecule has 0 aliphatic rings. The van der Waals surface area contributed by atoms with Gasteiger partial charge >= 0.3 is 0 Å². The Morgan fingerprint density at radius 3 is 3.11 bits per heavy atom. The first-order chi connectivity index (χ1) is 8.78. The van der Waals surface area contributed by atoms with Crippen LogP contribution in [0.5, 0.6) is 0 Å². The molecule has 0 aliphatic heterocycles. The van der Waals surface area contributed by atoms with Gasteiger partial charge < -0.3 is 9.88 Å². The molecule has 0 unspecified atom stereocenters. The molecule has 1 heterocycles. The first-order valence-corrected chi connectivity index (χ1v) is 5.49. The second kappa shape index (κ2) is 5.64. The van der Waals surface area contributed by atoms with E-state index < -0.39 is 0 Å². The van der Waals surface area contributed by atoms with Crippen molar-refractivity contribution in [2.45, 2.75) is 13.0 Å². The highest BCUT2D eigenvalue weighted by Crippen LogP contribution is 2.12. The zero-order valence-corrected chi connectivity index (χ0v) is 9.71. The molecule has 90 valence electrons. The van der Waals surface area contributed by atoms with Crippen molar-refractivity contribution in [3.63, 3.8) is 0 Å². The number of aromatic nitrogens is 2. The Morgan fingerprint density at radius 2 is 2.39 bits per heavy atom. The summed E-state index contributed by atoms with van der Waals surface area (Å²) < 4.78 is 1.94. The molecule has 5 nitrogen and oxygen atoms in total. The SMILES string of the molecule is N#CCC(=O)Nc1cccc(Cn2ccnc2)c1. The van der Waals surface area contributed by atoms with Crippen LogP contribution in [0.2, 0.25) is 0 Å². The summed E-state index contributed by atoms with van der Waals surface area (Å²) in [6, 6.07) is 9.34. The van der Waals surface area contributed by atoms with Gasteiger partial charge in [-0.15, -0.1) is 0 Å². The zero-order chi connectivity index (χ0) is 12.8. The number of rotatable bonds is 4. The second-order valence-corrected chi connectivity index (χ2v) is 3.82. The van der Waals surface area contributed by atoms with Crippen molar-refractivity contribution in [2.75, 3.05) is 5.32 Å². The Labute approximate surface area is 105 Å². The molecule has 0 bridgehead atoms. The Bertz CT molecular complexity index is 569. The highest BCUT2D eigenvalue weighted by molar-refractivity contribution is 5.92. The smallest absolute Gasteiger partial charge is 0.238 e. The average molecular weight is 240 g/mol. The number of benzene rings is 1. The largest absolute Gasteiger partial charge is 0.333 e.